The molecule has 0 saturated carbocycles. The van der Waals surface area contributed by atoms with E-state index in [1.807, 2.05) is 0 Å². The number of esters is 2. The fourth-order valence-corrected chi connectivity index (χ4v) is 3.79. The number of amides is 1. The Balaban J connectivity index is 2.30. The van der Waals surface area contributed by atoms with Gasteiger partial charge < -0.3 is 9.47 Å². The number of alkyl halides is 1. The van der Waals surface area contributed by atoms with E-state index in [0.29, 0.717) is 11.3 Å². The standard InChI is InChI=1S/C14H18ClNO5S/c1-7(17)20-5-8-6-22-12-9(15)11(18)16(12)10(8)13(19)21-14(2,3)4/h9,12H,5-6H2,1-4H3/t9-,12-/m1/s1. The number of hydrogen-bond acceptors (Lipinski definition) is 6. The normalized spacial score (nSPS) is 24.6. The highest BCUT2D eigenvalue weighted by atomic mass is 35.5. The predicted molar refractivity (Wildman–Crippen MR) is 82.2 cm³/mol. The molecule has 0 aromatic carbocycles. The Bertz CT molecular complexity index is 554. The molecule has 0 N–H and O–H groups in total. The van der Waals surface area contributed by atoms with E-state index in [2.05, 4.69) is 0 Å². The summed E-state index contributed by atoms with van der Waals surface area (Å²) >= 11 is 7.42. The number of thioether (sulfide) groups is 1. The molecule has 22 heavy (non-hydrogen) atoms. The lowest BCUT2D eigenvalue weighted by Gasteiger charge is -2.47. The third kappa shape index (κ3) is 3.41. The highest BCUT2D eigenvalue weighted by Gasteiger charge is 2.53. The number of β-lactam (4-membered cyclic amide) rings is 1. The lowest BCUT2D eigenvalue weighted by atomic mass is 10.1. The van der Waals surface area contributed by atoms with Gasteiger partial charge in [-0.1, -0.05) is 0 Å². The smallest absolute Gasteiger partial charge is 0.355 e. The quantitative estimate of drug-likeness (QED) is 0.439. The SMILES string of the molecule is CC(=O)OCC1=C(C(=O)OC(C)(C)C)N2C(=O)[C@@H](Cl)[C@H]2SC1. The molecule has 0 aliphatic carbocycles. The summed E-state index contributed by atoms with van der Waals surface area (Å²) in [6.45, 7) is 6.48. The van der Waals surface area contributed by atoms with Crippen molar-refractivity contribution < 1.29 is 23.9 Å². The maximum atomic E-state index is 12.4. The molecule has 0 aromatic heterocycles. The molecule has 2 atom stereocenters. The first-order chi connectivity index (χ1) is 10.1. The summed E-state index contributed by atoms with van der Waals surface area (Å²) in [5.74, 6) is -0.926. The van der Waals surface area contributed by atoms with Gasteiger partial charge in [0.05, 0.1) is 0 Å². The van der Waals surface area contributed by atoms with Crippen molar-refractivity contribution in [1.82, 2.24) is 4.90 Å². The topological polar surface area (TPSA) is 72.9 Å². The van der Waals surface area contributed by atoms with Gasteiger partial charge in [-0.15, -0.1) is 23.4 Å². The maximum Gasteiger partial charge on any atom is 0.355 e. The number of nitrogens with zero attached hydrogens (tertiary/aromatic N) is 1. The fraction of sp³-hybridized carbons (Fsp3) is 0.643. The minimum atomic E-state index is -0.689. The largest absolute Gasteiger partial charge is 0.461 e. The van der Waals surface area contributed by atoms with Crippen LogP contribution in [0.5, 0.6) is 0 Å². The second-order valence-electron chi connectivity index (χ2n) is 6.05. The van der Waals surface area contributed by atoms with Crippen molar-refractivity contribution >= 4 is 41.2 Å². The Morgan fingerprint density at radius 2 is 2.05 bits per heavy atom. The highest BCUT2D eigenvalue weighted by Crippen LogP contribution is 2.43. The summed E-state index contributed by atoms with van der Waals surface area (Å²) in [5, 5.41) is -0.921. The van der Waals surface area contributed by atoms with E-state index < -0.39 is 22.9 Å². The van der Waals surface area contributed by atoms with Gasteiger partial charge in [0, 0.05) is 18.2 Å². The molecule has 8 heteroatoms. The van der Waals surface area contributed by atoms with Crippen molar-refractivity contribution in [3.05, 3.63) is 11.3 Å². The van der Waals surface area contributed by atoms with E-state index in [1.165, 1.54) is 23.6 Å². The van der Waals surface area contributed by atoms with Crippen molar-refractivity contribution in [1.29, 1.82) is 0 Å². The minimum Gasteiger partial charge on any atom is -0.461 e. The molecule has 1 fully saturated rings. The first-order valence-corrected chi connectivity index (χ1v) is 8.28. The van der Waals surface area contributed by atoms with Crippen molar-refractivity contribution in [2.45, 2.75) is 44.0 Å². The molecule has 122 valence electrons. The second kappa shape index (κ2) is 6.12. The molecular formula is C14H18ClNO5S. The molecular weight excluding hydrogens is 330 g/mol. The number of ether oxygens (including phenoxy) is 2. The van der Waals surface area contributed by atoms with Crippen LogP contribution in [0.15, 0.2) is 11.3 Å². The molecule has 0 radical (unpaired) electrons. The van der Waals surface area contributed by atoms with Crippen LogP contribution < -0.4 is 0 Å². The van der Waals surface area contributed by atoms with E-state index in [4.69, 9.17) is 21.1 Å². The van der Waals surface area contributed by atoms with Gasteiger partial charge >= 0.3 is 11.9 Å². The van der Waals surface area contributed by atoms with Crippen LogP contribution in [0.1, 0.15) is 27.7 Å². The van der Waals surface area contributed by atoms with Crippen LogP contribution in [-0.2, 0) is 23.9 Å². The average molecular weight is 348 g/mol. The number of halogens is 1. The Labute approximate surface area is 138 Å². The van der Waals surface area contributed by atoms with Crippen molar-refractivity contribution in [3.8, 4) is 0 Å². The molecule has 2 heterocycles. The molecule has 6 nitrogen and oxygen atoms in total. The monoisotopic (exact) mass is 347 g/mol. The summed E-state index contributed by atoms with van der Waals surface area (Å²) in [7, 11) is 0. The Morgan fingerprint density at radius 3 is 2.59 bits per heavy atom. The van der Waals surface area contributed by atoms with Crippen LogP contribution in [0.3, 0.4) is 0 Å². The van der Waals surface area contributed by atoms with E-state index in [-0.39, 0.29) is 23.6 Å². The van der Waals surface area contributed by atoms with E-state index >= 15 is 0 Å². The van der Waals surface area contributed by atoms with Gasteiger partial charge in [0.1, 0.15) is 28.7 Å². The Hall–Kier alpha value is -1.21. The Kier molecular flexibility index (Phi) is 4.77. The van der Waals surface area contributed by atoms with Gasteiger partial charge in [0.15, 0.2) is 0 Å². The lowest BCUT2D eigenvalue weighted by Crippen LogP contribution is -2.63. The van der Waals surface area contributed by atoms with Gasteiger partial charge in [-0.05, 0) is 20.8 Å². The van der Waals surface area contributed by atoms with Crippen LogP contribution in [0.4, 0.5) is 0 Å². The molecule has 0 aromatic rings. The predicted octanol–water partition coefficient (Wildman–Crippen LogP) is 1.67. The molecule has 2 aliphatic heterocycles. The van der Waals surface area contributed by atoms with Crippen LogP contribution >= 0.6 is 23.4 Å². The zero-order chi connectivity index (χ0) is 16.7. The van der Waals surface area contributed by atoms with E-state index in [9.17, 15) is 14.4 Å². The maximum absolute atomic E-state index is 12.4. The van der Waals surface area contributed by atoms with Crippen molar-refractivity contribution in [2.24, 2.45) is 0 Å². The third-order valence-corrected chi connectivity index (χ3v) is 4.94. The molecule has 1 saturated heterocycles. The van der Waals surface area contributed by atoms with Gasteiger partial charge in [0.25, 0.3) is 0 Å². The summed E-state index contributed by atoms with van der Waals surface area (Å²) in [4.78, 5) is 36.8. The first-order valence-electron chi connectivity index (χ1n) is 6.79. The lowest BCUT2D eigenvalue weighted by molar-refractivity contribution is -0.157. The van der Waals surface area contributed by atoms with Gasteiger partial charge in [0.2, 0.25) is 5.91 Å². The van der Waals surface area contributed by atoms with Crippen LogP contribution in [0, 0.1) is 0 Å². The first kappa shape index (κ1) is 17.1. The zero-order valence-electron chi connectivity index (χ0n) is 12.8. The minimum absolute atomic E-state index is 0.0413. The molecule has 2 aliphatic rings. The highest BCUT2D eigenvalue weighted by molar-refractivity contribution is 8.00. The summed E-state index contributed by atoms with van der Waals surface area (Å²) in [5.41, 5.74) is 0.0230. The van der Waals surface area contributed by atoms with E-state index in [1.54, 1.807) is 20.8 Å². The van der Waals surface area contributed by atoms with Crippen LogP contribution in [0.25, 0.3) is 0 Å². The van der Waals surface area contributed by atoms with Gasteiger partial charge in [-0.25, -0.2) is 4.79 Å². The van der Waals surface area contributed by atoms with Gasteiger partial charge in [-0.3, -0.25) is 14.5 Å². The summed E-state index contributed by atoms with van der Waals surface area (Å²) < 4.78 is 10.3. The number of carbonyl (C=O) groups excluding carboxylic acids is 3. The number of fused-ring (bicyclic) bond motifs is 1. The number of rotatable bonds is 3. The number of carbonyl (C=O) groups is 3. The Morgan fingerprint density at radius 1 is 1.41 bits per heavy atom. The fourth-order valence-electron chi connectivity index (χ4n) is 2.12. The molecule has 2 rings (SSSR count). The average Bonchev–Trinajstić information content (AvgIpc) is 2.41. The zero-order valence-corrected chi connectivity index (χ0v) is 14.4. The molecule has 0 spiro atoms. The summed E-state index contributed by atoms with van der Waals surface area (Å²) in [6.07, 6.45) is 0. The van der Waals surface area contributed by atoms with E-state index in [0.717, 1.165) is 0 Å². The summed E-state index contributed by atoms with van der Waals surface area (Å²) in [6, 6.07) is 0. The van der Waals surface area contributed by atoms with Crippen LogP contribution in [0.2, 0.25) is 0 Å². The second-order valence-corrected chi connectivity index (χ2v) is 7.62. The molecule has 0 unspecified atom stereocenters. The van der Waals surface area contributed by atoms with Gasteiger partial charge in [-0.2, -0.15) is 0 Å². The number of hydrogen-bond donors (Lipinski definition) is 0. The van der Waals surface area contributed by atoms with Crippen molar-refractivity contribution in [3.63, 3.8) is 0 Å². The molecule has 1 amide bonds. The molecule has 0 bridgehead atoms. The van der Waals surface area contributed by atoms with Crippen LogP contribution in [-0.4, -0.2) is 51.5 Å². The van der Waals surface area contributed by atoms with Crippen molar-refractivity contribution in [2.75, 3.05) is 12.4 Å². The third-order valence-electron chi connectivity index (χ3n) is 3.02.